The van der Waals surface area contributed by atoms with Crippen LogP contribution >= 0.6 is 0 Å². The van der Waals surface area contributed by atoms with E-state index in [4.69, 9.17) is 9.47 Å². The van der Waals surface area contributed by atoms with Gasteiger partial charge in [-0.25, -0.2) is 4.79 Å². The molecule has 0 atom stereocenters. The second-order valence-corrected chi connectivity index (χ2v) is 6.74. The molecule has 0 radical (unpaired) electrons. The van der Waals surface area contributed by atoms with Gasteiger partial charge in [-0.3, -0.25) is 4.90 Å². The number of fused-ring (bicyclic) bond motifs is 3. The van der Waals surface area contributed by atoms with E-state index < -0.39 is 11.6 Å². The number of amides is 1. The Labute approximate surface area is 146 Å². The first kappa shape index (κ1) is 16.1. The van der Waals surface area contributed by atoms with Gasteiger partial charge >= 0.3 is 6.09 Å². The van der Waals surface area contributed by atoms with Crippen molar-refractivity contribution in [3.8, 4) is 11.1 Å². The summed E-state index contributed by atoms with van der Waals surface area (Å²) in [5, 5.41) is 9.57. The summed E-state index contributed by atoms with van der Waals surface area (Å²) >= 11 is 0. The molecule has 1 N–H and O–H groups in total. The van der Waals surface area contributed by atoms with Gasteiger partial charge in [-0.15, -0.1) is 0 Å². The van der Waals surface area contributed by atoms with Gasteiger partial charge in [-0.05, 0) is 22.3 Å². The molecule has 25 heavy (non-hydrogen) atoms. The minimum absolute atomic E-state index is 0.0347. The van der Waals surface area contributed by atoms with Gasteiger partial charge in [0.2, 0.25) is 0 Å². The number of hydrogen-bond acceptors (Lipinski definition) is 4. The molecule has 5 nitrogen and oxygen atoms in total. The fourth-order valence-corrected chi connectivity index (χ4v) is 3.61. The van der Waals surface area contributed by atoms with E-state index in [0.717, 1.165) is 0 Å². The molecule has 0 spiro atoms. The minimum Gasteiger partial charge on any atom is -0.448 e. The van der Waals surface area contributed by atoms with Crippen LogP contribution in [0.25, 0.3) is 11.1 Å². The lowest BCUT2D eigenvalue weighted by atomic mass is 9.97. The highest BCUT2D eigenvalue weighted by Crippen LogP contribution is 2.44. The molecule has 1 aliphatic carbocycles. The summed E-state index contributed by atoms with van der Waals surface area (Å²) in [5.41, 5.74) is 4.12. The number of carbonyl (C=O) groups is 1. The largest absolute Gasteiger partial charge is 0.448 e. The monoisotopic (exact) mass is 339 g/mol. The van der Waals surface area contributed by atoms with Crippen LogP contribution in [0, 0.1) is 0 Å². The molecule has 1 saturated heterocycles. The number of rotatable bonds is 4. The zero-order valence-corrected chi connectivity index (χ0v) is 14.1. The van der Waals surface area contributed by atoms with Crippen LogP contribution in [-0.2, 0) is 9.47 Å². The lowest BCUT2D eigenvalue weighted by Gasteiger charge is -2.45. The Hall–Kier alpha value is -2.37. The van der Waals surface area contributed by atoms with E-state index in [1.54, 1.807) is 7.05 Å². The van der Waals surface area contributed by atoms with Crippen molar-refractivity contribution in [2.45, 2.75) is 11.5 Å². The molecule has 4 rings (SSSR count). The van der Waals surface area contributed by atoms with Crippen molar-refractivity contribution in [1.82, 2.24) is 4.90 Å². The molecule has 1 heterocycles. The SMILES string of the molecule is CN(C(=O)OCC1c2ccccc2-c2ccccc21)C1(CO)COC1. The van der Waals surface area contributed by atoms with Gasteiger partial charge < -0.3 is 14.6 Å². The zero-order chi connectivity index (χ0) is 17.4. The number of carbonyl (C=O) groups excluding carboxylic acids is 1. The summed E-state index contributed by atoms with van der Waals surface area (Å²) in [6.07, 6.45) is -0.431. The van der Waals surface area contributed by atoms with E-state index in [0.29, 0.717) is 13.2 Å². The minimum atomic E-state index is -0.650. The summed E-state index contributed by atoms with van der Waals surface area (Å²) in [4.78, 5) is 13.9. The molecule has 0 saturated carbocycles. The smallest absolute Gasteiger partial charge is 0.410 e. The van der Waals surface area contributed by atoms with Gasteiger partial charge in [-0.2, -0.15) is 0 Å². The summed E-state index contributed by atoms with van der Waals surface area (Å²) in [6.45, 7) is 0.821. The Morgan fingerprint density at radius 1 is 1.16 bits per heavy atom. The van der Waals surface area contributed by atoms with Crippen LogP contribution in [0.3, 0.4) is 0 Å². The lowest BCUT2D eigenvalue weighted by Crippen LogP contribution is -2.65. The maximum Gasteiger partial charge on any atom is 0.410 e. The average molecular weight is 339 g/mol. The van der Waals surface area contributed by atoms with Crippen molar-refractivity contribution in [3.63, 3.8) is 0 Å². The van der Waals surface area contributed by atoms with Crippen LogP contribution in [0.2, 0.25) is 0 Å². The molecule has 2 aromatic rings. The normalized spacial score (nSPS) is 17.4. The van der Waals surface area contributed by atoms with Crippen LogP contribution < -0.4 is 0 Å². The third-order valence-corrected chi connectivity index (χ3v) is 5.36. The fraction of sp³-hybridized carbons (Fsp3) is 0.350. The van der Waals surface area contributed by atoms with Crippen LogP contribution in [0.1, 0.15) is 17.0 Å². The second kappa shape index (κ2) is 6.17. The van der Waals surface area contributed by atoms with Crippen LogP contribution in [0.15, 0.2) is 48.5 Å². The quantitative estimate of drug-likeness (QED) is 0.930. The molecule has 130 valence electrons. The fourth-order valence-electron chi connectivity index (χ4n) is 3.61. The van der Waals surface area contributed by atoms with E-state index in [2.05, 4.69) is 24.3 Å². The standard InChI is InChI=1S/C20H21NO4/c1-21(20(11-22)12-24-13-20)19(23)25-10-18-16-8-4-2-6-14(16)15-7-3-5-9-17(15)18/h2-9,18,22H,10-13H2,1H3. The van der Waals surface area contributed by atoms with Crippen molar-refractivity contribution >= 4 is 6.09 Å². The molecule has 2 aromatic carbocycles. The molecule has 0 aromatic heterocycles. The van der Waals surface area contributed by atoms with Crippen LogP contribution in [-0.4, -0.2) is 55.1 Å². The average Bonchev–Trinajstić information content (AvgIpc) is 2.93. The maximum absolute atomic E-state index is 12.5. The molecule has 0 bridgehead atoms. The van der Waals surface area contributed by atoms with E-state index in [1.807, 2.05) is 24.3 Å². The highest BCUT2D eigenvalue weighted by Gasteiger charge is 2.45. The highest BCUT2D eigenvalue weighted by atomic mass is 16.6. The highest BCUT2D eigenvalue weighted by molar-refractivity contribution is 5.79. The van der Waals surface area contributed by atoms with Crippen molar-refractivity contribution in [2.24, 2.45) is 0 Å². The Bertz CT molecular complexity index is 749. The van der Waals surface area contributed by atoms with E-state index in [-0.39, 0.29) is 19.1 Å². The first-order chi connectivity index (χ1) is 12.2. The van der Waals surface area contributed by atoms with Gasteiger partial charge in [0.1, 0.15) is 12.1 Å². The topological polar surface area (TPSA) is 59.0 Å². The van der Waals surface area contributed by atoms with Crippen LogP contribution in [0.4, 0.5) is 4.79 Å². The lowest BCUT2D eigenvalue weighted by molar-refractivity contribution is -0.144. The van der Waals surface area contributed by atoms with Gasteiger partial charge in [0.15, 0.2) is 0 Å². The van der Waals surface area contributed by atoms with Crippen molar-refractivity contribution in [3.05, 3.63) is 59.7 Å². The van der Waals surface area contributed by atoms with Gasteiger partial charge in [0.05, 0.1) is 19.8 Å². The van der Waals surface area contributed by atoms with Crippen LogP contribution in [0.5, 0.6) is 0 Å². The molecular weight excluding hydrogens is 318 g/mol. The molecule has 2 aliphatic rings. The molecule has 1 amide bonds. The van der Waals surface area contributed by atoms with Gasteiger partial charge in [0.25, 0.3) is 0 Å². The van der Waals surface area contributed by atoms with E-state index in [9.17, 15) is 9.90 Å². The third kappa shape index (κ3) is 2.51. The number of nitrogens with zero attached hydrogens (tertiary/aromatic N) is 1. The number of likely N-dealkylation sites (N-methyl/N-ethyl adjacent to an activating group) is 1. The Balaban J connectivity index is 1.52. The number of benzene rings is 2. The Kier molecular flexibility index (Phi) is 3.98. The summed E-state index contributed by atoms with van der Waals surface area (Å²) in [5.74, 6) is 0.0347. The van der Waals surface area contributed by atoms with Gasteiger partial charge in [0, 0.05) is 13.0 Å². The third-order valence-electron chi connectivity index (χ3n) is 5.36. The number of aliphatic hydroxyl groups is 1. The van der Waals surface area contributed by atoms with E-state index in [1.165, 1.54) is 27.2 Å². The number of aliphatic hydroxyl groups excluding tert-OH is 1. The molecule has 5 heteroatoms. The zero-order valence-electron chi connectivity index (χ0n) is 14.1. The Morgan fingerprint density at radius 2 is 1.72 bits per heavy atom. The summed E-state index contributed by atoms with van der Waals surface area (Å²) in [6, 6.07) is 16.5. The summed E-state index contributed by atoms with van der Waals surface area (Å²) < 4.78 is 10.8. The predicted octanol–water partition coefficient (Wildman–Crippen LogP) is 2.63. The molecular formula is C20H21NO4. The first-order valence-electron chi connectivity index (χ1n) is 8.44. The number of hydrogen-bond donors (Lipinski definition) is 1. The second-order valence-electron chi connectivity index (χ2n) is 6.74. The first-order valence-corrected chi connectivity index (χ1v) is 8.44. The van der Waals surface area contributed by atoms with Crippen molar-refractivity contribution < 1.29 is 19.4 Å². The predicted molar refractivity (Wildman–Crippen MR) is 93.5 cm³/mol. The number of ether oxygens (including phenoxy) is 2. The Morgan fingerprint density at radius 3 is 2.20 bits per heavy atom. The summed E-state index contributed by atoms with van der Waals surface area (Å²) in [7, 11) is 1.65. The molecule has 1 aliphatic heterocycles. The van der Waals surface area contributed by atoms with E-state index >= 15 is 0 Å². The van der Waals surface area contributed by atoms with Crippen molar-refractivity contribution in [1.29, 1.82) is 0 Å². The maximum atomic E-state index is 12.5. The van der Waals surface area contributed by atoms with Gasteiger partial charge in [-0.1, -0.05) is 48.5 Å². The molecule has 1 fully saturated rings. The van der Waals surface area contributed by atoms with Crippen molar-refractivity contribution in [2.75, 3.05) is 33.5 Å². The molecule has 0 unspecified atom stereocenters.